The second kappa shape index (κ2) is 6.68. The van der Waals surface area contributed by atoms with E-state index in [4.69, 9.17) is 4.74 Å². The van der Waals surface area contributed by atoms with E-state index in [1.54, 1.807) is 26.2 Å². The van der Waals surface area contributed by atoms with Crippen LogP contribution in [0, 0.1) is 0 Å². The molecule has 0 radical (unpaired) electrons. The van der Waals surface area contributed by atoms with Gasteiger partial charge < -0.3 is 4.74 Å². The smallest absolute Gasteiger partial charge is 0.240 e. The van der Waals surface area contributed by atoms with Crippen LogP contribution in [0.1, 0.15) is 43.0 Å². The van der Waals surface area contributed by atoms with Crippen molar-refractivity contribution in [3.05, 3.63) is 29.8 Å². The van der Waals surface area contributed by atoms with Crippen molar-refractivity contribution >= 4 is 15.8 Å². The minimum atomic E-state index is -3.63. The molecule has 1 aromatic rings. The molecule has 0 spiro atoms. The van der Waals surface area contributed by atoms with Gasteiger partial charge in [-0.15, -0.1) is 0 Å². The molecule has 0 amide bonds. The van der Waals surface area contributed by atoms with Crippen LogP contribution in [0.4, 0.5) is 0 Å². The number of methoxy groups -OCH3 is 1. The highest BCUT2D eigenvalue weighted by molar-refractivity contribution is 7.89. The summed E-state index contributed by atoms with van der Waals surface area (Å²) in [7, 11) is -2.04. The van der Waals surface area contributed by atoms with E-state index in [1.165, 1.54) is 12.1 Å². The van der Waals surface area contributed by atoms with Gasteiger partial charge in [-0.05, 0) is 31.4 Å². The lowest BCUT2D eigenvalue weighted by atomic mass is 10.1. The number of carbonyl (C=O) groups is 1. The summed E-state index contributed by atoms with van der Waals surface area (Å²) in [6, 6.07) is 5.97. The molecule has 1 aliphatic rings. The fourth-order valence-electron chi connectivity index (χ4n) is 2.65. The van der Waals surface area contributed by atoms with Crippen molar-refractivity contribution < 1.29 is 17.9 Å². The number of rotatable bonds is 6. The highest BCUT2D eigenvalue weighted by Crippen LogP contribution is 2.23. The van der Waals surface area contributed by atoms with Crippen LogP contribution in [0.25, 0.3) is 0 Å². The standard InChI is InChI=1S/C15H21NO4S/c1-3-14(17)11-6-4-7-12(10-11)21(18,19)16-13-8-5-9-15(13)20-2/h4,6-7,10,13,15-16H,3,5,8-9H2,1-2H3. The van der Waals surface area contributed by atoms with Gasteiger partial charge in [-0.2, -0.15) is 0 Å². The Balaban J connectivity index is 2.21. The number of ether oxygens (including phenoxy) is 1. The Labute approximate surface area is 125 Å². The largest absolute Gasteiger partial charge is 0.380 e. The van der Waals surface area contributed by atoms with Gasteiger partial charge in [0.05, 0.1) is 11.0 Å². The Bertz CT molecular complexity index is 612. The van der Waals surface area contributed by atoms with E-state index in [0.29, 0.717) is 12.0 Å². The molecular weight excluding hydrogens is 290 g/mol. The quantitative estimate of drug-likeness (QED) is 0.817. The molecule has 0 aliphatic heterocycles. The average Bonchev–Trinajstić information content (AvgIpc) is 2.93. The van der Waals surface area contributed by atoms with E-state index in [0.717, 1.165) is 19.3 Å². The molecule has 116 valence electrons. The van der Waals surface area contributed by atoms with Gasteiger partial charge in [0.1, 0.15) is 0 Å². The fraction of sp³-hybridized carbons (Fsp3) is 0.533. The van der Waals surface area contributed by atoms with E-state index in [9.17, 15) is 13.2 Å². The summed E-state index contributed by atoms with van der Waals surface area (Å²) in [5.74, 6) is -0.0670. The van der Waals surface area contributed by atoms with Crippen molar-refractivity contribution in [2.24, 2.45) is 0 Å². The third kappa shape index (κ3) is 3.70. The zero-order valence-corrected chi connectivity index (χ0v) is 13.2. The second-order valence-electron chi connectivity index (χ2n) is 5.24. The molecule has 1 N–H and O–H groups in total. The van der Waals surface area contributed by atoms with Gasteiger partial charge >= 0.3 is 0 Å². The first-order valence-electron chi connectivity index (χ1n) is 7.16. The Morgan fingerprint density at radius 1 is 1.38 bits per heavy atom. The maximum Gasteiger partial charge on any atom is 0.240 e. The van der Waals surface area contributed by atoms with Gasteiger partial charge in [0, 0.05) is 25.1 Å². The number of sulfonamides is 1. The summed E-state index contributed by atoms with van der Waals surface area (Å²) >= 11 is 0. The molecule has 1 aromatic carbocycles. The van der Waals surface area contributed by atoms with Gasteiger partial charge in [-0.3, -0.25) is 4.79 Å². The van der Waals surface area contributed by atoms with Gasteiger partial charge in [0.25, 0.3) is 0 Å². The molecule has 21 heavy (non-hydrogen) atoms. The first kappa shape index (κ1) is 16.1. The van der Waals surface area contributed by atoms with E-state index >= 15 is 0 Å². The number of hydrogen-bond donors (Lipinski definition) is 1. The molecule has 0 bridgehead atoms. The van der Waals surface area contributed by atoms with Crippen molar-refractivity contribution in [3.63, 3.8) is 0 Å². The topological polar surface area (TPSA) is 72.5 Å². The zero-order chi connectivity index (χ0) is 15.5. The van der Waals surface area contributed by atoms with Crippen molar-refractivity contribution in [2.75, 3.05) is 7.11 Å². The summed E-state index contributed by atoms with van der Waals surface area (Å²) < 4.78 is 32.9. The van der Waals surface area contributed by atoms with Crippen LogP contribution in [0.5, 0.6) is 0 Å². The van der Waals surface area contributed by atoms with E-state index in [-0.39, 0.29) is 22.8 Å². The van der Waals surface area contributed by atoms with Crippen LogP contribution in [-0.2, 0) is 14.8 Å². The van der Waals surface area contributed by atoms with Crippen molar-refractivity contribution in [3.8, 4) is 0 Å². The van der Waals surface area contributed by atoms with Gasteiger partial charge in [-0.25, -0.2) is 13.1 Å². The number of nitrogens with one attached hydrogen (secondary N) is 1. The van der Waals surface area contributed by atoms with Crippen LogP contribution < -0.4 is 4.72 Å². The summed E-state index contributed by atoms with van der Waals surface area (Å²) in [4.78, 5) is 11.8. The number of Topliss-reactive ketones (excluding diaryl/α,β-unsaturated/α-hetero) is 1. The molecule has 5 nitrogen and oxygen atoms in total. The first-order valence-corrected chi connectivity index (χ1v) is 8.64. The van der Waals surface area contributed by atoms with Gasteiger partial charge in [0.2, 0.25) is 10.0 Å². The lowest BCUT2D eigenvalue weighted by Crippen LogP contribution is -2.40. The maximum absolute atomic E-state index is 12.4. The molecule has 0 heterocycles. The predicted octanol–water partition coefficient (Wildman–Crippen LogP) is 2.13. The summed E-state index contributed by atoms with van der Waals surface area (Å²) in [6.45, 7) is 1.75. The van der Waals surface area contributed by atoms with Crippen molar-refractivity contribution in [1.29, 1.82) is 0 Å². The van der Waals surface area contributed by atoms with Crippen LogP contribution in [0.3, 0.4) is 0 Å². The van der Waals surface area contributed by atoms with Gasteiger partial charge in [-0.1, -0.05) is 19.1 Å². The average molecular weight is 311 g/mol. The number of ketones is 1. The zero-order valence-electron chi connectivity index (χ0n) is 12.3. The molecule has 0 saturated heterocycles. The third-order valence-corrected chi connectivity index (χ3v) is 5.34. The lowest BCUT2D eigenvalue weighted by molar-refractivity contribution is 0.0916. The minimum absolute atomic E-state index is 0.0670. The van der Waals surface area contributed by atoms with Crippen molar-refractivity contribution in [2.45, 2.75) is 49.6 Å². The predicted molar refractivity (Wildman–Crippen MR) is 79.8 cm³/mol. The van der Waals surface area contributed by atoms with Crippen molar-refractivity contribution in [1.82, 2.24) is 4.72 Å². The van der Waals surface area contributed by atoms with E-state index < -0.39 is 10.0 Å². The minimum Gasteiger partial charge on any atom is -0.380 e. The molecule has 1 saturated carbocycles. The Hall–Kier alpha value is -1.24. The molecule has 1 fully saturated rings. The monoisotopic (exact) mass is 311 g/mol. The Morgan fingerprint density at radius 2 is 2.14 bits per heavy atom. The van der Waals surface area contributed by atoms with Crippen LogP contribution in [0.2, 0.25) is 0 Å². The summed E-state index contributed by atoms with van der Waals surface area (Å²) in [5.41, 5.74) is 0.426. The second-order valence-corrected chi connectivity index (χ2v) is 6.95. The fourth-order valence-corrected chi connectivity index (χ4v) is 4.00. The normalized spacial score (nSPS) is 22.4. The molecule has 2 unspecified atom stereocenters. The van der Waals surface area contributed by atoms with Crippen LogP contribution in [0.15, 0.2) is 29.2 Å². The van der Waals surface area contributed by atoms with Gasteiger partial charge in [0.15, 0.2) is 5.78 Å². The van der Waals surface area contributed by atoms with E-state index in [1.807, 2.05) is 0 Å². The summed E-state index contributed by atoms with van der Waals surface area (Å²) in [5, 5.41) is 0. The summed E-state index contributed by atoms with van der Waals surface area (Å²) in [6.07, 6.45) is 2.84. The number of hydrogen-bond acceptors (Lipinski definition) is 4. The molecule has 1 aliphatic carbocycles. The molecule has 0 aromatic heterocycles. The lowest BCUT2D eigenvalue weighted by Gasteiger charge is -2.19. The van der Waals surface area contributed by atoms with Crippen LogP contribution >= 0.6 is 0 Å². The highest BCUT2D eigenvalue weighted by Gasteiger charge is 2.31. The maximum atomic E-state index is 12.4. The number of benzene rings is 1. The number of carbonyl (C=O) groups excluding carboxylic acids is 1. The molecule has 2 atom stereocenters. The highest BCUT2D eigenvalue weighted by atomic mass is 32.2. The SMILES string of the molecule is CCC(=O)c1cccc(S(=O)(=O)NC2CCCC2OC)c1. The molecule has 6 heteroatoms. The van der Waals surface area contributed by atoms with Crippen LogP contribution in [-0.4, -0.2) is 33.5 Å². The van der Waals surface area contributed by atoms with E-state index in [2.05, 4.69) is 4.72 Å². The molecular formula is C15H21NO4S. The molecule has 2 rings (SSSR count). The Kier molecular flexibility index (Phi) is 5.13. The Morgan fingerprint density at radius 3 is 2.81 bits per heavy atom. The third-order valence-electron chi connectivity index (χ3n) is 3.85. The first-order chi connectivity index (χ1) is 9.97.